The summed E-state index contributed by atoms with van der Waals surface area (Å²) in [6.07, 6.45) is 2.15. The van der Waals surface area contributed by atoms with Gasteiger partial charge in [-0.1, -0.05) is 6.07 Å². The van der Waals surface area contributed by atoms with Crippen molar-refractivity contribution in [2.75, 3.05) is 11.4 Å². The molecule has 1 aromatic carbocycles. The Kier molecular flexibility index (Phi) is 4.55. The lowest BCUT2D eigenvalue weighted by atomic mass is 10.1. The van der Waals surface area contributed by atoms with E-state index in [-0.39, 0.29) is 11.9 Å². The number of carbonyl (C=O) groups excluding carboxylic acids is 2. The number of carbonyl (C=O) groups is 2. The van der Waals surface area contributed by atoms with E-state index >= 15 is 0 Å². The monoisotopic (exact) mass is 327 g/mol. The van der Waals surface area contributed by atoms with Crippen molar-refractivity contribution in [3.63, 3.8) is 0 Å². The van der Waals surface area contributed by atoms with Gasteiger partial charge in [0.15, 0.2) is 0 Å². The molecule has 0 radical (unpaired) electrons. The molecule has 3 rings (SSSR count). The Labute approximate surface area is 140 Å². The Morgan fingerprint density at radius 2 is 2.04 bits per heavy atom. The van der Waals surface area contributed by atoms with Crippen LogP contribution in [-0.4, -0.2) is 24.5 Å². The molecule has 2 heterocycles. The number of hydrogen-bond acceptors (Lipinski definition) is 3. The summed E-state index contributed by atoms with van der Waals surface area (Å²) >= 11 is 0. The van der Waals surface area contributed by atoms with Crippen LogP contribution in [0.4, 0.5) is 10.5 Å². The van der Waals surface area contributed by atoms with Gasteiger partial charge in [-0.25, -0.2) is 4.79 Å². The number of amides is 3. The number of urea groups is 1. The van der Waals surface area contributed by atoms with Gasteiger partial charge in [-0.15, -0.1) is 0 Å². The van der Waals surface area contributed by atoms with Crippen molar-refractivity contribution in [2.45, 2.75) is 32.9 Å². The molecule has 0 saturated carbocycles. The highest BCUT2D eigenvalue weighted by atomic mass is 16.3. The van der Waals surface area contributed by atoms with E-state index in [0.717, 1.165) is 16.8 Å². The maximum Gasteiger partial charge on any atom is 0.315 e. The molecule has 1 aromatic heterocycles. The lowest BCUT2D eigenvalue weighted by Crippen LogP contribution is -2.45. The fourth-order valence-electron chi connectivity index (χ4n) is 2.97. The summed E-state index contributed by atoms with van der Waals surface area (Å²) in [7, 11) is 0. The summed E-state index contributed by atoms with van der Waals surface area (Å²) in [6.45, 7) is 4.91. The van der Waals surface area contributed by atoms with Crippen molar-refractivity contribution in [1.29, 1.82) is 0 Å². The zero-order chi connectivity index (χ0) is 17.1. The quantitative estimate of drug-likeness (QED) is 0.906. The predicted molar refractivity (Wildman–Crippen MR) is 90.8 cm³/mol. The minimum Gasteiger partial charge on any atom is -0.467 e. The number of nitrogens with zero attached hydrogens (tertiary/aromatic N) is 1. The first-order valence-corrected chi connectivity index (χ1v) is 7.99. The highest BCUT2D eigenvalue weighted by Gasteiger charge is 2.33. The molecule has 1 aliphatic rings. The third kappa shape index (κ3) is 3.59. The van der Waals surface area contributed by atoms with E-state index < -0.39 is 6.04 Å². The third-order valence-electron chi connectivity index (χ3n) is 4.03. The fourth-order valence-corrected chi connectivity index (χ4v) is 2.97. The largest absolute Gasteiger partial charge is 0.467 e. The van der Waals surface area contributed by atoms with Crippen LogP contribution in [-0.2, 0) is 11.3 Å². The Morgan fingerprint density at radius 1 is 1.29 bits per heavy atom. The second-order valence-corrected chi connectivity index (χ2v) is 6.08. The molecule has 1 atom stereocenters. The molecule has 0 aliphatic carbocycles. The van der Waals surface area contributed by atoms with Gasteiger partial charge in [0.2, 0.25) is 5.91 Å². The average Bonchev–Trinajstić information content (AvgIpc) is 3.15. The second kappa shape index (κ2) is 6.78. The zero-order valence-electron chi connectivity index (χ0n) is 13.8. The van der Waals surface area contributed by atoms with Crippen LogP contribution in [0, 0.1) is 13.8 Å². The Balaban J connectivity index is 1.58. The first-order valence-electron chi connectivity index (χ1n) is 7.99. The van der Waals surface area contributed by atoms with E-state index in [1.807, 2.05) is 26.0 Å². The van der Waals surface area contributed by atoms with Gasteiger partial charge < -0.3 is 20.0 Å². The molecule has 1 saturated heterocycles. The molecule has 1 fully saturated rings. The van der Waals surface area contributed by atoms with Crippen LogP contribution in [0.1, 0.15) is 23.3 Å². The topological polar surface area (TPSA) is 74.6 Å². The first kappa shape index (κ1) is 16.1. The second-order valence-electron chi connectivity index (χ2n) is 6.08. The van der Waals surface area contributed by atoms with Crippen molar-refractivity contribution >= 4 is 17.6 Å². The molecule has 2 aromatic rings. The van der Waals surface area contributed by atoms with Crippen molar-refractivity contribution in [2.24, 2.45) is 0 Å². The highest BCUT2D eigenvalue weighted by molar-refractivity contribution is 6.01. The molecule has 2 N–H and O–H groups in total. The zero-order valence-corrected chi connectivity index (χ0v) is 13.8. The number of aryl methyl sites for hydroxylation is 2. The highest BCUT2D eigenvalue weighted by Crippen LogP contribution is 2.24. The van der Waals surface area contributed by atoms with Crippen molar-refractivity contribution in [1.82, 2.24) is 10.6 Å². The fraction of sp³-hybridized carbons (Fsp3) is 0.333. The first-order chi connectivity index (χ1) is 11.5. The van der Waals surface area contributed by atoms with E-state index in [1.165, 1.54) is 0 Å². The summed E-state index contributed by atoms with van der Waals surface area (Å²) in [5, 5.41) is 5.43. The van der Waals surface area contributed by atoms with Gasteiger partial charge in [-0.2, -0.15) is 0 Å². The molecule has 0 bridgehead atoms. The van der Waals surface area contributed by atoms with E-state index in [0.29, 0.717) is 25.3 Å². The van der Waals surface area contributed by atoms with E-state index in [2.05, 4.69) is 16.7 Å². The standard InChI is InChI=1S/C18H21N3O3/c1-12-8-13(2)10-14(9-12)21-6-5-16(17(21)22)20-18(23)19-11-15-4-3-7-24-15/h3-4,7-10,16H,5-6,11H2,1-2H3,(H2,19,20,23)/t16-/m1/s1. The molecule has 24 heavy (non-hydrogen) atoms. The van der Waals surface area contributed by atoms with Gasteiger partial charge >= 0.3 is 6.03 Å². The number of rotatable bonds is 4. The normalized spacial score (nSPS) is 17.2. The Hall–Kier alpha value is -2.76. The molecule has 126 valence electrons. The molecule has 6 heteroatoms. The lowest BCUT2D eigenvalue weighted by Gasteiger charge is -2.18. The molecule has 3 amide bonds. The number of benzene rings is 1. The van der Waals surface area contributed by atoms with Crippen LogP contribution < -0.4 is 15.5 Å². The minimum atomic E-state index is -0.498. The van der Waals surface area contributed by atoms with E-state index in [9.17, 15) is 9.59 Å². The van der Waals surface area contributed by atoms with Crippen molar-refractivity contribution in [3.8, 4) is 0 Å². The van der Waals surface area contributed by atoms with Gasteiger partial charge in [0, 0.05) is 12.2 Å². The number of furan rings is 1. The molecular weight excluding hydrogens is 306 g/mol. The van der Waals surface area contributed by atoms with Gasteiger partial charge in [0.1, 0.15) is 11.8 Å². The number of nitrogens with one attached hydrogen (secondary N) is 2. The molecule has 1 aliphatic heterocycles. The Morgan fingerprint density at radius 3 is 2.71 bits per heavy atom. The average molecular weight is 327 g/mol. The third-order valence-corrected chi connectivity index (χ3v) is 4.03. The minimum absolute atomic E-state index is 0.0758. The van der Waals surface area contributed by atoms with Crippen LogP contribution in [0.15, 0.2) is 41.0 Å². The summed E-state index contributed by atoms with van der Waals surface area (Å²) in [4.78, 5) is 26.3. The van der Waals surface area contributed by atoms with Crippen LogP contribution in [0.25, 0.3) is 0 Å². The smallest absolute Gasteiger partial charge is 0.315 e. The van der Waals surface area contributed by atoms with Gasteiger partial charge in [0.05, 0.1) is 12.8 Å². The molecule has 0 unspecified atom stereocenters. The maximum atomic E-state index is 12.6. The number of hydrogen-bond donors (Lipinski definition) is 2. The lowest BCUT2D eigenvalue weighted by molar-refractivity contribution is -0.118. The molecule has 6 nitrogen and oxygen atoms in total. The van der Waals surface area contributed by atoms with Crippen LogP contribution in [0.5, 0.6) is 0 Å². The number of anilines is 1. The van der Waals surface area contributed by atoms with Crippen molar-refractivity contribution < 1.29 is 14.0 Å². The van der Waals surface area contributed by atoms with Crippen LogP contribution >= 0.6 is 0 Å². The summed E-state index contributed by atoms with van der Waals surface area (Å²) in [5.74, 6) is 0.591. The molecule has 0 spiro atoms. The SMILES string of the molecule is Cc1cc(C)cc(N2CC[C@@H](NC(=O)NCc3ccco3)C2=O)c1. The van der Waals surface area contributed by atoms with Gasteiger partial charge in [0.25, 0.3) is 0 Å². The molecular formula is C18H21N3O3. The van der Waals surface area contributed by atoms with Crippen LogP contribution in [0.2, 0.25) is 0 Å². The summed E-state index contributed by atoms with van der Waals surface area (Å²) < 4.78 is 5.15. The summed E-state index contributed by atoms with van der Waals surface area (Å²) in [6, 6.07) is 8.73. The van der Waals surface area contributed by atoms with E-state index in [1.54, 1.807) is 23.3 Å². The predicted octanol–water partition coefficient (Wildman–Crippen LogP) is 2.50. The van der Waals surface area contributed by atoms with Gasteiger partial charge in [-0.3, -0.25) is 4.79 Å². The van der Waals surface area contributed by atoms with Crippen molar-refractivity contribution in [3.05, 3.63) is 53.5 Å². The van der Waals surface area contributed by atoms with Crippen LogP contribution in [0.3, 0.4) is 0 Å². The summed E-state index contributed by atoms with van der Waals surface area (Å²) in [5.41, 5.74) is 3.12. The van der Waals surface area contributed by atoms with Gasteiger partial charge in [-0.05, 0) is 55.7 Å². The Bertz CT molecular complexity index is 720. The van der Waals surface area contributed by atoms with E-state index in [4.69, 9.17) is 4.42 Å². The maximum absolute atomic E-state index is 12.6.